The fraction of sp³-hybridized carbons (Fsp3) is 0.400. The van der Waals surface area contributed by atoms with Crippen LogP contribution in [-0.4, -0.2) is 239 Å². The second-order valence-electron chi connectivity index (χ2n) is 30.8. The molecule has 4 unspecified atom stereocenters. The molecule has 8 fully saturated rings. The van der Waals surface area contributed by atoms with Gasteiger partial charge in [0.2, 0.25) is 47.3 Å². The van der Waals surface area contributed by atoms with Crippen molar-refractivity contribution in [1.82, 2.24) is 60.5 Å². The number of carbonyl (C=O) groups is 12. The number of rotatable bonds is 24. The number of hydrogen-bond donors (Lipinski definition) is 8. The van der Waals surface area contributed by atoms with Crippen LogP contribution < -0.4 is 42.5 Å². The molecule has 0 spiro atoms. The highest BCUT2D eigenvalue weighted by molar-refractivity contribution is 6.09. The Labute approximate surface area is 813 Å². The summed E-state index contributed by atoms with van der Waals surface area (Å²) in [4.78, 5) is 160. The average Bonchev–Trinajstić information content (AvgIpc) is 1.52. The molecule has 0 saturated carbocycles. The van der Waals surface area contributed by atoms with Crippen LogP contribution in [0.2, 0.25) is 0 Å². The summed E-state index contributed by atoms with van der Waals surface area (Å²) in [6.07, 6.45) is -14.5. The molecule has 4 atom stereocenters. The molecular weight excluding hydrogens is 1680 g/mol. The van der Waals surface area contributed by atoms with E-state index in [0.717, 1.165) is 11.0 Å². The number of anilines is 4. The van der Waals surface area contributed by atoms with Crippen molar-refractivity contribution < 1.29 is 123 Å². The minimum absolute atomic E-state index is 0.00354. The summed E-state index contributed by atoms with van der Waals surface area (Å²) in [5.41, 5.74) is -1.78. The number of piperidine rings is 4. The van der Waals surface area contributed by atoms with Crippen molar-refractivity contribution >= 4 is 93.6 Å². The third kappa shape index (κ3) is 22.1. The van der Waals surface area contributed by atoms with Gasteiger partial charge in [0, 0.05) is 245 Å². The molecule has 0 radical (unpaired) electrons. The highest BCUT2D eigenvalue weighted by Crippen LogP contribution is 2.38. The largest absolute Gasteiger partial charge is 0.381 e. The molecule has 12 aliphatic heterocycles. The third-order valence-corrected chi connectivity index (χ3v) is 21.9. The molecule has 0 bridgehead atoms. The fourth-order valence-corrected chi connectivity index (χ4v) is 15.3. The maximum atomic E-state index is 13.6. The maximum Gasteiger partial charge on any atom is 0.255 e. The molecular formula is C100H112N16O16. The zero-order valence-electron chi connectivity index (χ0n) is 105. The van der Waals surface area contributed by atoms with Gasteiger partial charge in [-0.1, -0.05) is 121 Å². The molecule has 0 aliphatic carbocycles. The molecule has 8 N–H and O–H groups in total. The number of carbonyl (C=O) groups excluding carboxylic acids is 12. The van der Waals surface area contributed by atoms with Gasteiger partial charge in [0.05, 0.1) is 77.5 Å². The molecule has 12 heterocycles. The van der Waals surface area contributed by atoms with Crippen LogP contribution >= 0.6 is 0 Å². The summed E-state index contributed by atoms with van der Waals surface area (Å²) in [5, 5.41) is 17.9. The molecule has 12 aliphatic rings. The standard InChI is InChI=1S/4C25H28N4O4/c4*30-23-8-7-22(24(31)27-23)29-16-20-19(25(29)32)5-2-6-21(20)26-14-17-3-1-4-18(13-17)15-28-9-11-33-12-10-28/h4*1-6,13,22,26H,7-12,14-16H2,(H,27,30,31)/i7D2,8D2,14D2,15D2,16D2,22D;7D2,8D2,14D2,15D2,16D2;14D2,15D2,16D2,22D;14D2,15D2,16D2. The van der Waals surface area contributed by atoms with Gasteiger partial charge in [-0.05, 0) is 119 Å². The first-order chi connectivity index (χ1) is 77.1. The SMILES string of the molecule is [2H]C([2H])(Nc1cccc2c1C([2H])([2H])N(C1([2H])C(=O)NC(=O)C([2H])([2H])C1([2H])[2H])C2=O)c1cccc(C([2H])([2H])N2CCOCC2)c1.[2H]C([2H])(Nc1cccc2c1C([2H])([2H])N(C1([2H])CCC(=O)NC1=O)C2=O)c1cccc(C([2H])([2H])N2CCOCC2)c1.[2H]C([2H])(Nc1cccc2c1C([2H])([2H])N(C1C(=O)NC(=O)C([2H])([2H])C1([2H])[2H])C2=O)c1cccc(C([2H])([2H])N2CCOCC2)c1.[2H]C([2H])(Nc1cccc2c1C([2H])([2H])N(C1CCC(=O)NC1=O)C2=O)c1cccc(C([2H])([2H])N2CCOCC2)c1. The fourth-order valence-electron chi connectivity index (χ4n) is 15.3. The van der Waals surface area contributed by atoms with E-state index >= 15 is 0 Å². The van der Waals surface area contributed by atoms with E-state index in [-0.39, 0.29) is 124 Å². The van der Waals surface area contributed by atoms with Gasteiger partial charge in [0.15, 0.2) is 0 Å². The van der Waals surface area contributed by atoms with Crippen LogP contribution in [0.1, 0.15) is 206 Å². The van der Waals surface area contributed by atoms with E-state index in [9.17, 15) is 57.5 Å². The van der Waals surface area contributed by atoms with Crippen molar-refractivity contribution in [3.63, 3.8) is 0 Å². The zero-order valence-corrected chi connectivity index (χ0v) is 70.6. The number of amides is 12. The Kier molecular flexibility index (Phi) is 18.7. The van der Waals surface area contributed by atoms with E-state index in [1.807, 2.05) is 5.32 Å². The van der Waals surface area contributed by atoms with Gasteiger partial charge < -0.3 is 59.8 Å². The molecule has 20 rings (SSSR count). The summed E-state index contributed by atoms with van der Waals surface area (Å²) in [6.45, 7) is -22.7. The highest BCUT2D eigenvalue weighted by atomic mass is 16.5. The van der Waals surface area contributed by atoms with Crippen LogP contribution in [0.15, 0.2) is 170 Å². The lowest BCUT2D eigenvalue weighted by Gasteiger charge is -2.29. The van der Waals surface area contributed by atoms with Crippen molar-refractivity contribution in [2.24, 2.45) is 0 Å². The van der Waals surface area contributed by atoms with Crippen LogP contribution in [-0.2, 0) is 135 Å². The lowest BCUT2D eigenvalue weighted by atomic mass is 10.0. The Balaban J connectivity index is 0.000000148. The van der Waals surface area contributed by atoms with Gasteiger partial charge in [-0.25, -0.2) is 0 Å². The molecule has 12 amide bonds. The van der Waals surface area contributed by atoms with Crippen LogP contribution in [0.4, 0.5) is 22.7 Å². The normalized spacial score (nSPS) is 30.0. The topological polar surface area (TPSA) is 364 Å². The quantitative estimate of drug-likeness (QED) is 0.0270. The van der Waals surface area contributed by atoms with Gasteiger partial charge in [-0.3, -0.25) is 98.4 Å². The van der Waals surface area contributed by atoms with Gasteiger partial charge in [-0.15, -0.1) is 0 Å². The van der Waals surface area contributed by atoms with Crippen molar-refractivity contribution in [1.29, 1.82) is 0 Å². The number of hydrogen-bond acceptors (Lipinski definition) is 24. The number of benzene rings is 8. The summed E-state index contributed by atoms with van der Waals surface area (Å²) in [7, 11) is 0. The van der Waals surface area contributed by atoms with Crippen molar-refractivity contribution in [2.45, 2.75) is 153 Å². The first kappa shape index (κ1) is 58.1. The smallest absolute Gasteiger partial charge is 0.255 e. The molecule has 0 aromatic heterocycles. The number of nitrogens with one attached hydrogen (secondary N) is 8. The monoisotopic (exact) mass is 1830 g/mol. The highest BCUT2D eigenvalue weighted by Gasteiger charge is 2.45. The van der Waals surface area contributed by atoms with E-state index in [0.29, 0.717) is 110 Å². The van der Waals surface area contributed by atoms with Gasteiger partial charge in [0.25, 0.3) is 23.6 Å². The van der Waals surface area contributed by atoms with E-state index in [1.54, 1.807) is 43.1 Å². The van der Waals surface area contributed by atoms with Crippen LogP contribution in [0, 0.1) is 0 Å². The van der Waals surface area contributed by atoms with E-state index in [4.69, 9.17) is 65.6 Å². The lowest BCUT2D eigenvalue weighted by Crippen LogP contribution is -2.52. The lowest BCUT2D eigenvalue weighted by molar-refractivity contribution is -0.138. The minimum Gasteiger partial charge on any atom is -0.381 e. The predicted octanol–water partition coefficient (Wildman–Crippen LogP) is 7.57. The van der Waals surface area contributed by atoms with E-state index < -0.39 is 222 Å². The van der Waals surface area contributed by atoms with E-state index in [1.165, 1.54) is 151 Å². The van der Waals surface area contributed by atoms with Crippen molar-refractivity contribution in [3.8, 4) is 0 Å². The molecule has 8 aromatic rings. The van der Waals surface area contributed by atoms with Gasteiger partial charge in [0.1, 0.15) is 24.1 Å². The maximum absolute atomic E-state index is 13.6. The van der Waals surface area contributed by atoms with Crippen molar-refractivity contribution in [3.05, 3.63) is 259 Å². The second-order valence-corrected chi connectivity index (χ2v) is 30.8. The van der Waals surface area contributed by atoms with Crippen LogP contribution in [0.5, 0.6) is 0 Å². The Hall–Kier alpha value is -12.9. The number of fused-ring (bicyclic) bond motifs is 4. The number of morpholine rings is 4. The Morgan fingerprint density at radius 1 is 0.311 bits per heavy atom. The molecule has 688 valence electrons. The summed E-state index contributed by atoms with van der Waals surface area (Å²) < 4.78 is 313. The molecule has 8 saturated heterocycles. The Bertz CT molecular complexity index is 7470. The zero-order chi connectivity index (χ0) is 122. The number of ether oxygens (including phenoxy) is 4. The second kappa shape index (κ2) is 42.5. The Morgan fingerprint density at radius 2 is 0.583 bits per heavy atom. The third-order valence-electron chi connectivity index (χ3n) is 21.9. The first-order valence-corrected chi connectivity index (χ1v) is 42.3. The van der Waals surface area contributed by atoms with Gasteiger partial charge in [-0.2, -0.15) is 0 Å². The molecule has 32 heteroatoms. The molecule has 8 aromatic carbocycles. The first-order valence-electron chi connectivity index (χ1n) is 59.3. The van der Waals surface area contributed by atoms with Crippen LogP contribution in [0.25, 0.3) is 0 Å². The summed E-state index contributed by atoms with van der Waals surface area (Å²) in [5.74, 6) is -13.5. The van der Waals surface area contributed by atoms with Crippen LogP contribution in [0.3, 0.4) is 0 Å². The summed E-state index contributed by atoms with van der Waals surface area (Å²) in [6, 6.07) is 30.0. The molecule has 32 nitrogen and oxygen atoms in total. The predicted molar refractivity (Wildman–Crippen MR) is 489 cm³/mol. The minimum atomic E-state index is -3.72. The van der Waals surface area contributed by atoms with Crippen molar-refractivity contribution in [2.75, 3.05) is 126 Å². The summed E-state index contributed by atoms with van der Waals surface area (Å²) >= 11 is 0. The average molecular weight is 1830 g/mol. The number of imide groups is 4. The van der Waals surface area contributed by atoms with Gasteiger partial charge >= 0.3 is 0 Å². The molecule has 132 heavy (non-hydrogen) atoms. The Morgan fingerprint density at radius 3 is 0.939 bits per heavy atom. The number of nitrogens with zero attached hydrogens (tertiary/aromatic N) is 8. The van der Waals surface area contributed by atoms with E-state index in [2.05, 4.69) is 26.6 Å².